The van der Waals surface area contributed by atoms with Crippen LogP contribution >= 0.6 is 12.4 Å². The summed E-state index contributed by atoms with van der Waals surface area (Å²) in [5.41, 5.74) is 0.994. The topological polar surface area (TPSA) is 67.8 Å². The number of halogens is 1. The zero-order valence-corrected chi connectivity index (χ0v) is 18.6. The highest BCUT2D eigenvalue weighted by Gasteiger charge is 2.62. The summed E-state index contributed by atoms with van der Waals surface area (Å²) in [6, 6.07) is 0. The normalized spacial score (nSPS) is 47.9. The predicted molar refractivity (Wildman–Crippen MR) is 114 cm³/mol. The van der Waals surface area contributed by atoms with Gasteiger partial charge in [-0.1, -0.05) is 19.0 Å². The molecule has 6 heteroatoms. The Bertz CT molecular complexity index is 719. The maximum absolute atomic E-state index is 13.3. The van der Waals surface area contributed by atoms with Crippen molar-refractivity contribution in [2.75, 3.05) is 13.1 Å². The molecule has 0 bridgehead atoms. The van der Waals surface area contributed by atoms with Crippen molar-refractivity contribution in [2.45, 2.75) is 77.7 Å². The lowest BCUT2D eigenvalue weighted by atomic mass is 9.45. The van der Waals surface area contributed by atoms with Gasteiger partial charge in [-0.05, 0) is 68.2 Å². The third-order valence-electron chi connectivity index (χ3n) is 9.35. The molecule has 162 valence electrons. The molecule has 4 aliphatic carbocycles. The van der Waals surface area contributed by atoms with Gasteiger partial charge in [0.15, 0.2) is 0 Å². The minimum atomic E-state index is -0.158. The second kappa shape index (κ2) is 7.64. The van der Waals surface area contributed by atoms with Crippen molar-refractivity contribution in [2.24, 2.45) is 39.7 Å². The average molecular weight is 423 g/mol. The fraction of sp³-hybridized carbons (Fsp3) is 0.870. The number of carbonyl (C=O) groups excluding carboxylic acids is 2. The Kier molecular flexibility index (Phi) is 5.61. The van der Waals surface area contributed by atoms with Gasteiger partial charge in [-0.15, -0.1) is 12.4 Å². The van der Waals surface area contributed by atoms with E-state index >= 15 is 0 Å². The number of rotatable bonds is 2. The van der Waals surface area contributed by atoms with Crippen molar-refractivity contribution in [1.82, 2.24) is 5.32 Å². The van der Waals surface area contributed by atoms with Gasteiger partial charge in [0.05, 0.1) is 5.71 Å². The van der Waals surface area contributed by atoms with Crippen LogP contribution in [-0.2, 0) is 14.4 Å². The summed E-state index contributed by atoms with van der Waals surface area (Å²) < 4.78 is 0. The van der Waals surface area contributed by atoms with Crippen LogP contribution in [0.5, 0.6) is 0 Å². The van der Waals surface area contributed by atoms with Gasteiger partial charge in [0, 0.05) is 37.1 Å². The van der Waals surface area contributed by atoms with Gasteiger partial charge in [0.1, 0.15) is 17.7 Å². The summed E-state index contributed by atoms with van der Waals surface area (Å²) in [7, 11) is 0. The van der Waals surface area contributed by atoms with Crippen LogP contribution in [0.25, 0.3) is 0 Å². The summed E-state index contributed by atoms with van der Waals surface area (Å²) in [6.07, 6.45) is 8.50. The van der Waals surface area contributed by atoms with Crippen molar-refractivity contribution in [1.29, 1.82) is 0 Å². The molecule has 5 nitrogen and oxygen atoms in total. The van der Waals surface area contributed by atoms with Crippen molar-refractivity contribution < 1.29 is 14.4 Å². The molecule has 0 aromatic carbocycles. The number of nitrogens with one attached hydrogen (secondary N) is 1. The summed E-state index contributed by atoms with van der Waals surface area (Å²) >= 11 is 0. The first-order valence-corrected chi connectivity index (χ1v) is 11.4. The Morgan fingerprint density at radius 3 is 2.62 bits per heavy atom. The van der Waals surface area contributed by atoms with E-state index in [9.17, 15) is 9.59 Å². The highest BCUT2D eigenvalue weighted by atomic mass is 35.5. The van der Waals surface area contributed by atoms with Crippen molar-refractivity contribution >= 4 is 29.7 Å². The molecule has 1 heterocycles. The minimum absolute atomic E-state index is 0. The standard InChI is InChI=1S/C23H34N2O3.ClH/c1-22-8-5-14(25-28-15-7-10-24-13-15)11-19(22)20(26)12-16-17-3-4-21(27)23(17,2)9-6-18(16)22;/h15-19,24H,3-13H2,1-2H3;1H/t15-,16+,17+,18-,19?,22-,23+;/m1./s1. The Balaban J connectivity index is 0.00000205. The number of ketones is 2. The van der Waals surface area contributed by atoms with E-state index in [0.717, 1.165) is 70.2 Å². The minimum Gasteiger partial charge on any atom is -0.391 e. The molecule has 0 spiro atoms. The first-order valence-electron chi connectivity index (χ1n) is 11.4. The highest BCUT2D eigenvalue weighted by molar-refractivity contribution is 5.93. The van der Waals surface area contributed by atoms with Crippen molar-refractivity contribution in [3.8, 4) is 0 Å². The maximum atomic E-state index is 13.3. The van der Waals surface area contributed by atoms with Crippen molar-refractivity contribution in [3.05, 3.63) is 0 Å². The molecule has 1 saturated heterocycles. The van der Waals surface area contributed by atoms with Crippen LogP contribution in [0.4, 0.5) is 0 Å². The smallest absolute Gasteiger partial charge is 0.141 e. The number of hydrogen-bond donors (Lipinski definition) is 1. The van der Waals surface area contributed by atoms with Crippen LogP contribution in [-0.4, -0.2) is 36.5 Å². The molecule has 0 radical (unpaired) electrons. The molecule has 5 fully saturated rings. The van der Waals surface area contributed by atoms with Gasteiger partial charge < -0.3 is 10.2 Å². The first kappa shape index (κ1) is 21.3. The van der Waals surface area contributed by atoms with Gasteiger partial charge in [-0.25, -0.2) is 0 Å². The lowest BCUT2D eigenvalue weighted by Crippen LogP contribution is -2.56. The van der Waals surface area contributed by atoms with E-state index in [2.05, 4.69) is 24.3 Å². The number of fused-ring (bicyclic) bond motifs is 5. The number of Topliss-reactive ketones (excluding diaryl/α,β-unsaturated/α-hetero) is 2. The third-order valence-corrected chi connectivity index (χ3v) is 9.35. The Morgan fingerprint density at radius 2 is 1.86 bits per heavy atom. The molecule has 7 atom stereocenters. The van der Waals surface area contributed by atoms with Crippen LogP contribution < -0.4 is 5.32 Å². The molecule has 4 saturated carbocycles. The van der Waals surface area contributed by atoms with Crippen LogP contribution in [0.3, 0.4) is 0 Å². The monoisotopic (exact) mass is 422 g/mol. The van der Waals surface area contributed by atoms with E-state index in [1.807, 2.05) is 0 Å². The van der Waals surface area contributed by atoms with Crippen LogP contribution in [0.15, 0.2) is 5.16 Å². The molecule has 1 aliphatic heterocycles. The number of hydrogen-bond acceptors (Lipinski definition) is 5. The Labute approximate surface area is 180 Å². The van der Waals surface area contributed by atoms with Crippen LogP contribution in [0.2, 0.25) is 0 Å². The zero-order valence-electron chi connectivity index (χ0n) is 17.7. The van der Waals surface area contributed by atoms with E-state index < -0.39 is 0 Å². The van der Waals surface area contributed by atoms with E-state index in [4.69, 9.17) is 4.84 Å². The van der Waals surface area contributed by atoms with E-state index in [-0.39, 0.29) is 35.3 Å². The van der Waals surface area contributed by atoms with Crippen molar-refractivity contribution in [3.63, 3.8) is 0 Å². The lowest BCUT2D eigenvalue weighted by Gasteiger charge is -2.58. The van der Waals surface area contributed by atoms with E-state index in [1.165, 1.54) is 0 Å². The van der Waals surface area contributed by atoms with Gasteiger partial charge in [0.25, 0.3) is 0 Å². The molecule has 0 aromatic rings. The van der Waals surface area contributed by atoms with E-state index in [0.29, 0.717) is 35.7 Å². The number of carbonyl (C=O) groups is 2. The predicted octanol–water partition coefficient (Wildman–Crippen LogP) is 3.93. The maximum Gasteiger partial charge on any atom is 0.141 e. The summed E-state index contributed by atoms with van der Waals surface area (Å²) in [5.74, 6) is 2.38. The first-order chi connectivity index (χ1) is 13.4. The van der Waals surface area contributed by atoms with Crippen LogP contribution in [0, 0.1) is 34.5 Å². The summed E-state index contributed by atoms with van der Waals surface area (Å²) in [6.45, 7) is 6.42. The largest absolute Gasteiger partial charge is 0.391 e. The van der Waals surface area contributed by atoms with E-state index in [1.54, 1.807) is 0 Å². The molecule has 5 aliphatic rings. The molecule has 0 amide bonds. The third kappa shape index (κ3) is 3.27. The second-order valence-electron chi connectivity index (χ2n) is 10.6. The lowest BCUT2D eigenvalue weighted by molar-refractivity contribution is -0.152. The Hall–Kier alpha value is -0.940. The fourth-order valence-electron chi connectivity index (χ4n) is 7.57. The van der Waals surface area contributed by atoms with Gasteiger partial charge in [-0.2, -0.15) is 0 Å². The molecule has 1 unspecified atom stereocenters. The highest BCUT2D eigenvalue weighted by Crippen LogP contribution is 2.64. The molecular weight excluding hydrogens is 388 g/mol. The molecule has 1 N–H and O–H groups in total. The quantitative estimate of drug-likeness (QED) is 0.684. The van der Waals surface area contributed by atoms with Gasteiger partial charge in [0.2, 0.25) is 0 Å². The molecule has 0 aromatic heterocycles. The molecule has 29 heavy (non-hydrogen) atoms. The summed E-state index contributed by atoms with van der Waals surface area (Å²) in [5, 5.41) is 7.78. The molecular formula is C23H35ClN2O3. The fourth-order valence-corrected chi connectivity index (χ4v) is 7.57. The number of nitrogens with zero attached hydrogens (tertiary/aromatic N) is 1. The average Bonchev–Trinajstić information content (AvgIpc) is 3.29. The van der Waals surface area contributed by atoms with Gasteiger partial charge in [-0.3, -0.25) is 9.59 Å². The van der Waals surface area contributed by atoms with Gasteiger partial charge >= 0.3 is 0 Å². The zero-order chi connectivity index (χ0) is 19.5. The van der Waals surface area contributed by atoms with Crippen LogP contribution in [0.1, 0.15) is 71.6 Å². The summed E-state index contributed by atoms with van der Waals surface area (Å²) in [4.78, 5) is 31.6. The Morgan fingerprint density at radius 1 is 1.03 bits per heavy atom. The molecule has 5 rings (SSSR count). The number of oxime groups is 1. The SMILES string of the molecule is C[C@]12CCC(=NO[C@@H]3CCNC3)CC1C(=O)C[C@@H]1[C@H]2CC[C@]2(C)C(=O)CC[C@@H]12.Cl. The second-order valence-corrected chi connectivity index (χ2v) is 10.6.